The summed E-state index contributed by atoms with van der Waals surface area (Å²) in [5.74, 6) is 1.72. The molecule has 0 saturated carbocycles. The van der Waals surface area contributed by atoms with Gasteiger partial charge in [-0.3, -0.25) is 4.79 Å². The third kappa shape index (κ3) is 4.58. The van der Waals surface area contributed by atoms with Gasteiger partial charge < -0.3 is 24.8 Å². The molecule has 196 valence electrons. The van der Waals surface area contributed by atoms with E-state index in [4.69, 9.17) is 14.8 Å². The summed E-state index contributed by atoms with van der Waals surface area (Å²) in [6, 6.07) is 8.15. The molecule has 2 fully saturated rings. The van der Waals surface area contributed by atoms with Crippen molar-refractivity contribution in [3.8, 4) is 5.75 Å². The molecule has 3 aliphatic rings. The molecule has 1 amide bonds. The maximum atomic E-state index is 14.3. The van der Waals surface area contributed by atoms with E-state index in [-0.39, 0.29) is 17.5 Å². The first-order valence-corrected chi connectivity index (χ1v) is 13.5. The summed E-state index contributed by atoms with van der Waals surface area (Å²) in [4.78, 5) is 25.2. The topological polar surface area (TPSA) is 78.2 Å². The van der Waals surface area contributed by atoms with Crippen LogP contribution >= 0.6 is 0 Å². The Morgan fingerprint density at radius 2 is 1.97 bits per heavy atom. The molecule has 1 atom stereocenters. The van der Waals surface area contributed by atoms with Crippen molar-refractivity contribution in [1.82, 2.24) is 24.8 Å². The molecule has 2 aromatic heterocycles. The number of rotatable bonds is 2. The third-order valence-electron chi connectivity index (χ3n) is 7.67. The van der Waals surface area contributed by atoms with E-state index in [0.29, 0.717) is 25.4 Å². The highest BCUT2D eigenvalue weighted by atomic mass is 19.1. The van der Waals surface area contributed by atoms with Gasteiger partial charge in [-0.05, 0) is 50.8 Å². The highest BCUT2D eigenvalue weighted by molar-refractivity contribution is 5.97. The van der Waals surface area contributed by atoms with Crippen LogP contribution in [0, 0.1) is 5.82 Å². The molecule has 3 aromatic rings. The first-order chi connectivity index (χ1) is 18.1. The molecule has 0 unspecified atom stereocenters. The molecule has 6 rings (SSSR count). The Morgan fingerprint density at radius 1 is 1.08 bits per heavy atom. The van der Waals surface area contributed by atoms with Crippen LogP contribution in [0.2, 0.25) is 0 Å². The van der Waals surface area contributed by atoms with E-state index >= 15 is 0 Å². The van der Waals surface area contributed by atoms with Gasteiger partial charge in [-0.1, -0.05) is 0 Å². The fourth-order valence-corrected chi connectivity index (χ4v) is 5.50. The van der Waals surface area contributed by atoms with Gasteiger partial charge in [-0.15, -0.1) is 0 Å². The molecule has 2 saturated heterocycles. The monoisotopic (exact) mass is 507 g/mol. The van der Waals surface area contributed by atoms with Crippen molar-refractivity contribution in [1.29, 1.82) is 0 Å². The lowest BCUT2D eigenvalue weighted by Gasteiger charge is -2.35. The number of nitrogens with one attached hydrogen (secondary N) is 1. The van der Waals surface area contributed by atoms with Crippen molar-refractivity contribution in [3.63, 3.8) is 0 Å². The SMILES string of the molecule is CCN1CCNCCOc2ccc(F)cc2C(=O)N2CCCC[C@H]2c2cc3nc(N4CCC4)cc1n3n2. The van der Waals surface area contributed by atoms with E-state index in [2.05, 4.69) is 28.1 Å². The zero-order valence-corrected chi connectivity index (χ0v) is 21.3. The molecule has 9 nitrogen and oxygen atoms in total. The minimum Gasteiger partial charge on any atom is -0.491 e. The minimum absolute atomic E-state index is 0.205. The zero-order valence-electron chi connectivity index (χ0n) is 21.3. The van der Waals surface area contributed by atoms with Gasteiger partial charge >= 0.3 is 0 Å². The van der Waals surface area contributed by atoms with E-state index in [1.165, 1.54) is 18.6 Å². The number of aromatic nitrogens is 3. The molecule has 0 aliphatic carbocycles. The lowest BCUT2D eigenvalue weighted by atomic mass is 9.98. The van der Waals surface area contributed by atoms with Crippen LogP contribution in [0.25, 0.3) is 5.65 Å². The van der Waals surface area contributed by atoms with Gasteiger partial charge in [0, 0.05) is 57.9 Å². The Balaban J connectivity index is 1.46. The number of carbonyl (C=O) groups excluding carboxylic acids is 1. The maximum Gasteiger partial charge on any atom is 0.258 e. The van der Waals surface area contributed by atoms with Crippen molar-refractivity contribution in [2.24, 2.45) is 0 Å². The van der Waals surface area contributed by atoms with Gasteiger partial charge in [0.25, 0.3) is 5.91 Å². The first-order valence-electron chi connectivity index (χ1n) is 13.5. The predicted molar refractivity (Wildman–Crippen MR) is 140 cm³/mol. The molecular weight excluding hydrogens is 473 g/mol. The molecule has 1 N–H and O–H groups in total. The van der Waals surface area contributed by atoms with E-state index in [1.54, 1.807) is 6.07 Å². The Bertz CT molecular complexity index is 1290. The largest absolute Gasteiger partial charge is 0.491 e. The second kappa shape index (κ2) is 10.2. The summed E-state index contributed by atoms with van der Waals surface area (Å²) in [6.07, 6.45) is 3.88. The van der Waals surface area contributed by atoms with Gasteiger partial charge in [0.05, 0.1) is 17.3 Å². The van der Waals surface area contributed by atoms with Crippen LogP contribution in [0.1, 0.15) is 54.7 Å². The highest BCUT2D eigenvalue weighted by Crippen LogP contribution is 2.35. The van der Waals surface area contributed by atoms with Gasteiger partial charge in [-0.25, -0.2) is 9.37 Å². The quantitative estimate of drug-likeness (QED) is 0.571. The summed E-state index contributed by atoms with van der Waals surface area (Å²) >= 11 is 0. The van der Waals surface area contributed by atoms with Crippen LogP contribution in [0.3, 0.4) is 0 Å². The standard InChI is InChI=1S/C27H34FN7O2/c1-2-32-14-9-29-10-15-37-23-8-7-19(28)16-20(23)27(36)34-13-4-3-6-22(34)21-17-25-30-24(33-11-5-12-33)18-26(32)35(25)31-21/h7-8,16-18,22,29H,2-6,9-15H2,1H3/t22-/m0/s1. The summed E-state index contributed by atoms with van der Waals surface area (Å²) in [6.45, 7) is 8.18. The number of piperidine rings is 1. The van der Waals surface area contributed by atoms with Crippen LogP contribution in [-0.4, -0.2) is 77.8 Å². The number of benzene rings is 1. The lowest BCUT2D eigenvalue weighted by Crippen LogP contribution is -2.39. The molecule has 0 radical (unpaired) electrons. The average molecular weight is 508 g/mol. The van der Waals surface area contributed by atoms with E-state index in [9.17, 15) is 9.18 Å². The number of ether oxygens (including phenoxy) is 1. The van der Waals surface area contributed by atoms with E-state index in [1.807, 2.05) is 15.5 Å². The third-order valence-corrected chi connectivity index (χ3v) is 7.67. The Morgan fingerprint density at radius 3 is 2.78 bits per heavy atom. The predicted octanol–water partition coefficient (Wildman–Crippen LogP) is 3.25. The van der Waals surface area contributed by atoms with Gasteiger partial charge in [0.15, 0.2) is 5.65 Å². The normalized spacial score (nSPS) is 21.0. The van der Waals surface area contributed by atoms with Crippen molar-refractivity contribution >= 4 is 23.2 Å². The summed E-state index contributed by atoms with van der Waals surface area (Å²) < 4.78 is 22.2. The van der Waals surface area contributed by atoms with Gasteiger partial charge in [0.1, 0.15) is 29.8 Å². The number of hydrogen-bond donors (Lipinski definition) is 1. The summed E-state index contributed by atoms with van der Waals surface area (Å²) in [5, 5.41) is 8.46. The second-order valence-corrected chi connectivity index (χ2v) is 9.98. The number of likely N-dealkylation sites (N-methyl/N-ethyl adjacent to an activating group) is 1. The smallest absolute Gasteiger partial charge is 0.258 e. The van der Waals surface area contributed by atoms with E-state index in [0.717, 1.165) is 75.0 Å². The minimum atomic E-state index is -0.448. The van der Waals surface area contributed by atoms with Crippen LogP contribution in [0.4, 0.5) is 16.0 Å². The van der Waals surface area contributed by atoms with Crippen molar-refractivity contribution in [2.45, 2.75) is 38.6 Å². The average Bonchev–Trinajstić information content (AvgIpc) is 3.31. The number of halogens is 1. The van der Waals surface area contributed by atoms with Crippen LogP contribution in [0.5, 0.6) is 5.75 Å². The molecule has 5 heterocycles. The number of nitrogens with zero attached hydrogens (tertiary/aromatic N) is 6. The van der Waals surface area contributed by atoms with Gasteiger partial charge in [0.2, 0.25) is 0 Å². The molecule has 37 heavy (non-hydrogen) atoms. The number of anilines is 2. The number of fused-ring (bicyclic) bond motifs is 4. The van der Waals surface area contributed by atoms with Crippen LogP contribution < -0.4 is 19.9 Å². The van der Waals surface area contributed by atoms with Gasteiger partial charge in [-0.2, -0.15) is 9.61 Å². The molecule has 3 aliphatic heterocycles. The molecule has 10 heteroatoms. The Labute approximate surface area is 216 Å². The van der Waals surface area contributed by atoms with E-state index < -0.39 is 5.82 Å². The van der Waals surface area contributed by atoms with Crippen molar-refractivity contribution in [3.05, 3.63) is 47.4 Å². The molecule has 1 aromatic carbocycles. The molecular formula is C27H34FN7O2. The fourth-order valence-electron chi connectivity index (χ4n) is 5.50. The number of amides is 1. The lowest BCUT2D eigenvalue weighted by molar-refractivity contribution is 0.0601. The fraction of sp³-hybridized carbons (Fsp3) is 0.519. The number of carbonyl (C=O) groups is 1. The summed E-state index contributed by atoms with van der Waals surface area (Å²) in [5.41, 5.74) is 1.87. The highest BCUT2D eigenvalue weighted by Gasteiger charge is 2.33. The molecule has 0 spiro atoms. The Kier molecular flexibility index (Phi) is 6.58. The zero-order chi connectivity index (χ0) is 25.4. The number of hydrogen-bond acceptors (Lipinski definition) is 7. The molecule has 2 bridgehead atoms. The maximum absolute atomic E-state index is 14.3. The van der Waals surface area contributed by atoms with Crippen LogP contribution in [-0.2, 0) is 0 Å². The first kappa shape index (κ1) is 24.0. The second-order valence-electron chi connectivity index (χ2n) is 9.98. The van der Waals surface area contributed by atoms with Crippen molar-refractivity contribution in [2.75, 3.05) is 62.2 Å². The van der Waals surface area contributed by atoms with Crippen molar-refractivity contribution < 1.29 is 13.9 Å². The summed E-state index contributed by atoms with van der Waals surface area (Å²) in [7, 11) is 0. The van der Waals surface area contributed by atoms with Crippen LogP contribution in [0.15, 0.2) is 30.3 Å². The Hall–Kier alpha value is -3.40.